The highest BCUT2D eigenvalue weighted by Crippen LogP contribution is 2.41. The van der Waals surface area contributed by atoms with Crippen LogP contribution < -0.4 is 29.6 Å². The summed E-state index contributed by atoms with van der Waals surface area (Å²) in [6, 6.07) is 9.38. The second kappa shape index (κ2) is 9.60. The molecule has 180 valence electrons. The van der Waals surface area contributed by atoms with Crippen LogP contribution in [0.2, 0.25) is 0 Å². The number of hydrogen-bond acceptors (Lipinski definition) is 8. The highest BCUT2D eigenvalue weighted by atomic mass is 16.5. The van der Waals surface area contributed by atoms with Crippen molar-refractivity contribution < 1.29 is 23.7 Å². The molecule has 1 amide bonds. The number of benzene rings is 2. The third-order valence-electron chi connectivity index (χ3n) is 5.91. The standard InChI is InChI=1S/C24H28N4O6/c1-27(12-14-7-6-8-15(9-14)28-13-16(31-2)10-19(28)29)24-25-17-11-18(32-3)21(33-4)22(34-5)20(17)23(30)26-24/h6-9,11,16H,10,12-13H2,1-5H3,(H,25,26,30). The van der Waals surface area contributed by atoms with Gasteiger partial charge in [-0.25, -0.2) is 4.98 Å². The molecule has 1 aromatic heterocycles. The monoisotopic (exact) mass is 468 g/mol. The lowest BCUT2D eigenvalue weighted by atomic mass is 10.1. The Labute approximate surface area is 197 Å². The molecule has 0 aliphatic carbocycles. The molecule has 10 heteroatoms. The molecule has 34 heavy (non-hydrogen) atoms. The van der Waals surface area contributed by atoms with Crippen LogP contribution in [0.4, 0.5) is 11.6 Å². The van der Waals surface area contributed by atoms with Crippen LogP contribution in [0.3, 0.4) is 0 Å². The van der Waals surface area contributed by atoms with Crippen molar-refractivity contribution in [2.45, 2.75) is 19.1 Å². The molecule has 1 aliphatic heterocycles. The van der Waals surface area contributed by atoms with Crippen molar-refractivity contribution in [1.82, 2.24) is 9.97 Å². The molecule has 1 unspecified atom stereocenters. The van der Waals surface area contributed by atoms with E-state index in [1.165, 1.54) is 21.3 Å². The number of methoxy groups -OCH3 is 4. The van der Waals surface area contributed by atoms with Gasteiger partial charge in [-0.2, -0.15) is 0 Å². The van der Waals surface area contributed by atoms with Crippen LogP contribution in [0.15, 0.2) is 35.1 Å². The Balaban J connectivity index is 1.65. The highest BCUT2D eigenvalue weighted by molar-refractivity contribution is 5.96. The van der Waals surface area contributed by atoms with Crippen LogP contribution in [-0.4, -0.2) is 64.0 Å². The van der Waals surface area contributed by atoms with Crippen molar-refractivity contribution in [1.29, 1.82) is 0 Å². The van der Waals surface area contributed by atoms with Gasteiger partial charge in [-0.3, -0.25) is 14.6 Å². The smallest absolute Gasteiger partial charge is 0.264 e. The normalized spacial score (nSPS) is 15.6. The van der Waals surface area contributed by atoms with E-state index in [0.29, 0.717) is 42.5 Å². The van der Waals surface area contributed by atoms with Crippen LogP contribution in [0.25, 0.3) is 10.9 Å². The average Bonchev–Trinajstić information content (AvgIpc) is 3.23. The first-order valence-electron chi connectivity index (χ1n) is 10.8. The second-order valence-electron chi connectivity index (χ2n) is 8.02. The summed E-state index contributed by atoms with van der Waals surface area (Å²) in [7, 11) is 7.90. The summed E-state index contributed by atoms with van der Waals surface area (Å²) < 4.78 is 21.5. The molecule has 1 N–H and O–H groups in total. The molecule has 2 aromatic carbocycles. The van der Waals surface area contributed by atoms with Gasteiger partial charge in [0.15, 0.2) is 11.5 Å². The number of ether oxygens (including phenoxy) is 4. The summed E-state index contributed by atoms with van der Waals surface area (Å²) in [6.07, 6.45) is 0.277. The maximum atomic E-state index is 13.0. The lowest BCUT2D eigenvalue weighted by Crippen LogP contribution is -2.26. The minimum Gasteiger partial charge on any atom is -0.493 e. The fraction of sp³-hybridized carbons (Fsp3) is 0.375. The molecule has 1 fully saturated rings. The summed E-state index contributed by atoms with van der Waals surface area (Å²) in [6.45, 7) is 0.990. The molecule has 0 spiro atoms. The maximum Gasteiger partial charge on any atom is 0.264 e. The van der Waals surface area contributed by atoms with Crippen molar-refractivity contribution in [3.05, 3.63) is 46.2 Å². The first-order chi connectivity index (χ1) is 16.4. The molecular weight excluding hydrogens is 440 g/mol. The van der Waals surface area contributed by atoms with E-state index in [2.05, 4.69) is 9.97 Å². The molecular formula is C24H28N4O6. The molecule has 0 bridgehead atoms. The molecule has 4 rings (SSSR count). The minimum absolute atomic E-state index is 0.0382. The number of hydrogen-bond donors (Lipinski definition) is 1. The number of nitrogens with one attached hydrogen (secondary N) is 1. The first-order valence-corrected chi connectivity index (χ1v) is 10.8. The van der Waals surface area contributed by atoms with Crippen LogP contribution in [0.1, 0.15) is 12.0 Å². The number of anilines is 2. The largest absolute Gasteiger partial charge is 0.493 e. The molecule has 3 aromatic rings. The minimum atomic E-state index is -0.355. The number of H-pyrrole nitrogens is 1. The molecule has 0 saturated carbocycles. The Morgan fingerprint density at radius 3 is 2.50 bits per heavy atom. The second-order valence-corrected chi connectivity index (χ2v) is 8.02. The van der Waals surface area contributed by atoms with Gasteiger partial charge < -0.3 is 28.7 Å². The molecule has 0 radical (unpaired) electrons. The van der Waals surface area contributed by atoms with E-state index in [1.54, 1.807) is 18.1 Å². The molecule has 10 nitrogen and oxygen atoms in total. The van der Waals surface area contributed by atoms with E-state index in [1.807, 2.05) is 36.2 Å². The van der Waals surface area contributed by atoms with E-state index >= 15 is 0 Å². The molecule has 1 atom stereocenters. The molecule has 1 aliphatic rings. The van der Waals surface area contributed by atoms with Gasteiger partial charge >= 0.3 is 0 Å². The van der Waals surface area contributed by atoms with Crippen LogP contribution in [0, 0.1) is 0 Å². The van der Waals surface area contributed by atoms with Gasteiger partial charge in [0.05, 0.1) is 45.9 Å². The number of aromatic nitrogens is 2. The average molecular weight is 469 g/mol. The fourth-order valence-corrected chi connectivity index (χ4v) is 4.19. The van der Waals surface area contributed by atoms with E-state index in [-0.39, 0.29) is 28.7 Å². The summed E-state index contributed by atoms with van der Waals surface area (Å²) >= 11 is 0. The highest BCUT2D eigenvalue weighted by Gasteiger charge is 2.30. The van der Waals surface area contributed by atoms with Gasteiger partial charge in [-0.15, -0.1) is 0 Å². The third-order valence-corrected chi connectivity index (χ3v) is 5.91. The van der Waals surface area contributed by atoms with Crippen LogP contribution >= 0.6 is 0 Å². The quantitative estimate of drug-likeness (QED) is 0.537. The van der Waals surface area contributed by atoms with Gasteiger partial charge in [0.25, 0.3) is 5.56 Å². The number of nitrogens with zero attached hydrogens (tertiary/aromatic N) is 3. The predicted octanol–water partition coefficient (Wildman–Crippen LogP) is 2.34. The topological polar surface area (TPSA) is 106 Å². The van der Waals surface area contributed by atoms with Crippen molar-refractivity contribution in [2.24, 2.45) is 0 Å². The summed E-state index contributed by atoms with van der Waals surface area (Å²) in [5.41, 5.74) is 1.84. The van der Waals surface area contributed by atoms with Gasteiger partial charge in [-0.05, 0) is 17.7 Å². The van der Waals surface area contributed by atoms with Crippen LogP contribution in [0.5, 0.6) is 17.2 Å². The Hall–Kier alpha value is -3.79. The molecule has 2 heterocycles. The fourth-order valence-electron chi connectivity index (χ4n) is 4.19. The van der Waals surface area contributed by atoms with Crippen molar-refractivity contribution in [2.75, 3.05) is 51.8 Å². The summed E-state index contributed by atoms with van der Waals surface area (Å²) in [5.74, 6) is 1.42. The molecule has 1 saturated heterocycles. The van der Waals surface area contributed by atoms with Crippen molar-refractivity contribution >= 4 is 28.4 Å². The number of amides is 1. The zero-order chi connectivity index (χ0) is 24.4. The van der Waals surface area contributed by atoms with Gasteiger partial charge in [-0.1, -0.05) is 12.1 Å². The zero-order valence-electron chi connectivity index (χ0n) is 19.9. The van der Waals surface area contributed by atoms with Crippen molar-refractivity contribution in [3.8, 4) is 17.2 Å². The maximum absolute atomic E-state index is 13.0. The van der Waals surface area contributed by atoms with Gasteiger partial charge in [0.2, 0.25) is 17.6 Å². The Morgan fingerprint density at radius 2 is 1.85 bits per heavy atom. The first kappa shape index (κ1) is 23.4. The van der Waals surface area contributed by atoms with E-state index in [4.69, 9.17) is 18.9 Å². The predicted molar refractivity (Wildman–Crippen MR) is 128 cm³/mol. The zero-order valence-corrected chi connectivity index (χ0v) is 19.9. The number of aromatic amines is 1. The SMILES string of the molecule is COc1cc2nc(N(C)Cc3cccc(N4CC(OC)CC4=O)c3)[nH]c(=O)c2c(OC)c1OC. The lowest BCUT2D eigenvalue weighted by molar-refractivity contribution is -0.117. The van der Waals surface area contributed by atoms with E-state index in [9.17, 15) is 9.59 Å². The van der Waals surface area contributed by atoms with Crippen LogP contribution in [-0.2, 0) is 16.1 Å². The van der Waals surface area contributed by atoms with Gasteiger partial charge in [0, 0.05) is 32.5 Å². The van der Waals surface area contributed by atoms with Gasteiger partial charge in [0.1, 0.15) is 5.39 Å². The number of rotatable bonds is 8. The number of fused-ring (bicyclic) bond motifs is 1. The van der Waals surface area contributed by atoms with E-state index < -0.39 is 0 Å². The Bertz CT molecular complexity index is 1270. The lowest BCUT2D eigenvalue weighted by Gasteiger charge is -2.21. The third kappa shape index (κ3) is 4.24. The summed E-state index contributed by atoms with van der Waals surface area (Å²) in [4.78, 5) is 36.4. The number of carbonyl (C=O) groups excluding carboxylic acids is 1. The van der Waals surface area contributed by atoms with E-state index in [0.717, 1.165) is 11.3 Å². The Kier molecular flexibility index (Phi) is 6.60. The number of carbonyl (C=O) groups is 1. The van der Waals surface area contributed by atoms with Crippen molar-refractivity contribution in [3.63, 3.8) is 0 Å². The Morgan fingerprint density at radius 1 is 1.09 bits per heavy atom. The summed E-state index contributed by atoms with van der Waals surface area (Å²) in [5, 5.41) is 0.277.